The van der Waals surface area contributed by atoms with Gasteiger partial charge in [0.15, 0.2) is 23.1 Å². The smallest absolute Gasteiger partial charge is 0.414 e. The number of benzene rings is 2. The third-order valence-corrected chi connectivity index (χ3v) is 6.40. The number of amidine groups is 1. The van der Waals surface area contributed by atoms with E-state index in [1.165, 1.54) is 31.1 Å². The second-order valence-electron chi connectivity index (χ2n) is 9.68. The zero-order valence-corrected chi connectivity index (χ0v) is 23.4. The van der Waals surface area contributed by atoms with Crippen LogP contribution < -0.4 is 19.1 Å². The first-order chi connectivity index (χ1) is 17.0. The number of fused-ring (bicyclic) bond motifs is 1. The van der Waals surface area contributed by atoms with Crippen molar-refractivity contribution in [2.75, 3.05) is 45.9 Å². The summed E-state index contributed by atoms with van der Waals surface area (Å²) in [7, 11) is 4.27. The number of hydrogen-bond acceptors (Lipinski definition) is 7. The highest BCUT2D eigenvalue weighted by atomic mass is 79.9. The monoisotopic (exact) mass is 579 g/mol. The Kier molecular flexibility index (Phi) is 8.06. The van der Waals surface area contributed by atoms with Gasteiger partial charge in [0, 0.05) is 17.7 Å². The Labute approximate surface area is 225 Å². The summed E-state index contributed by atoms with van der Waals surface area (Å²) in [5.74, 6) is -0.441. The molecular weight excluding hydrogens is 549 g/mol. The molecule has 1 amide bonds. The molecule has 11 heteroatoms. The number of carbonyl (C=O) groups is 2. The summed E-state index contributed by atoms with van der Waals surface area (Å²) in [5, 5.41) is 8.54. The fourth-order valence-corrected chi connectivity index (χ4v) is 4.58. The number of cyclic esters (lactones) is 1. The minimum Gasteiger partial charge on any atom is -0.494 e. The summed E-state index contributed by atoms with van der Waals surface area (Å²) in [4.78, 5) is 28.8. The number of nitrogens with one attached hydrogen (secondary N) is 1. The van der Waals surface area contributed by atoms with Gasteiger partial charge in [-0.25, -0.2) is 9.18 Å². The van der Waals surface area contributed by atoms with E-state index in [-0.39, 0.29) is 65.4 Å². The molecule has 0 aliphatic carbocycles. The van der Waals surface area contributed by atoms with E-state index in [0.29, 0.717) is 29.1 Å². The van der Waals surface area contributed by atoms with Gasteiger partial charge in [-0.2, -0.15) is 0 Å². The van der Waals surface area contributed by atoms with Crippen molar-refractivity contribution in [2.45, 2.75) is 32.7 Å². The van der Waals surface area contributed by atoms with Gasteiger partial charge in [0.25, 0.3) is 0 Å². The minimum atomic E-state index is -0.693. The molecule has 0 saturated carbocycles. The number of carbonyl (C=O) groups excluding carboxylic acids is 2. The van der Waals surface area contributed by atoms with Crippen LogP contribution in [0, 0.1) is 11.2 Å². The summed E-state index contributed by atoms with van der Waals surface area (Å²) in [6, 6.07) is 4.99. The van der Waals surface area contributed by atoms with Crippen LogP contribution in [-0.2, 0) is 16.7 Å². The van der Waals surface area contributed by atoms with Crippen molar-refractivity contribution >= 4 is 40.4 Å². The number of ketones is 1. The molecule has 0 spiro atoms. The van der Waals surface area contributed by atoms with Crippen LogP contribution in [-0.4, -0.2) is 63.6 Å². The molecule has 1 N–H and O–H groups in total. The number of methoxy groups -OCH3 is 3. The van der Waals surface area contributed by atoms with Crippen molar-refractivity contribution in [1.29, 1.82) is 5.41 Å². The Bertz CT molecular complexity index is 1260. The fourth-order valence-electron chi connectivity index (χ4n) is 4.58. The lowest BCUT2D eigenvalue weighted by molar-refractivity contribution is 0.0962. The summed E-state index contributed by atoms with van der Waals surface area (Å²) >= 11 is 0. The Morgan fingerprint density at radius 1 is 1.11 bits per heavy atom. The number of ether oxygens (including phenoxy) is 4. The normalized spacial score (nSPS) is 14.8. The summed E-state index contributed by atoms with van der Waals surface area (Å²) in [5.41, 5.74) is 1.80. The number of halogens is 2. The van der Waals surface area contributed by atoms with E-state index in [4.69, 9.17) is 24.4 Å². The molecule has 4 rings (SSSR count). The Morgan fingerprint density at radius 2 is 1.78 bits per heavy atom. The second-order valence-corrected chi connectivity index (χ2v) is 9.68. The van der Waals surface area contributed by atoms with Gasteiger partial charge in [-0.3, -0.25) is 15.1 Å². The lowest BCUT2D eigenvalue weighted by atomic mass is 9.84. The molecule has 9 nitrogen and oxygen atoms in total. The predicted octanol–water partition coefficient (Wildman–Crippen LogP) is 4.71. The third kappa shape index (κ3) is 4.96. The van der Waals surface area contributed by atoms with Crippen molar-refractivity contribution in [3.8, 4) is 17.2 Å². The van der Waals surface area contributed by atoms with Gasteiger partial charge in [0.1, 0.15) is 18.2 Å². The largest absolute Gasteiger partial charge is 0.494 e. The van der Waals surface area contributed by atoms with E-state index in [1.807, 2.05) is 20.8 Å². The van der Waals surface area contributed by atoms with Crippen LogP contribution in [0.2, 0.25) is 0 Å². The summed E-state index contributed by atoms with van der Waals surface area (Å²) in [6.07, 6.45) is -0.507. The molecule has 2 aliphatic heterocycles. The van der Waals surface area contributed by atoms with E-state index in [1.54, 1.807) is 18.2 Å². The number of anilines is 1. The van der Waals surface area contributed by atoms with E-state index < -0.39 is 17.3 Å². The van der Waals surface area contributed by atoms with Gasteiger partial charge in [-0.05, 0) is 29.2 Å². The maximum atomic E-state index is 15.1. The zero-order chi connectivity index (χ0) is 26.4. The number of Topliss-reactive ketones (excluding diaryl/α,β-unsaturated/α-hetero) is 1. The van der Waals surface area contributed by atoms with Crippen LogP contribution in [0.3, 0.4) is 0 Å². The van der Waals surface area contributed by atoms with Crippen LogP contribution in [0.5, 0.6) is 17.2 Å². The molecule has 0 aromatic heterocycles. The molecular formula is C26H31BrFN3O6. The molecule has 2 heterocycles. The molecule has 1 fully saturated rings. The van der Waals surface area contributed by atoms with Gasteiger partial charge in [-0.1, -0.05) is 20.8 Å². The highest BCUT2D eigenvalue weighted by Gasteiger charge is 2.35. The highest BCUT2D eigenvalue weighted by Crippen LogP contribution is 2.42. The van der Waals surface area contributed by atoms with Crippen LogP contribution in [0.15, 0.2) is 18.2 Å². The maximum Gasteiger partial charge on any atom is 0.414 e. The maximum absolute atomic E-state index is 15.1. The number of rotatable bonds is 7. The van der Waals surface area contributed by atoms with Crippen molar-refractivity contribution in [2.24, 2.45) is 0 Å². The molecule has 0 unspecified atom stereocenters. The Balaban J connectivity index is 0.00000380. The molecule has 37 heavy (non-hydrogen) atoms. The van der Waals surface area contributed by atoms with Gasteiger partial charge < -0.3 is 23.8 Å². The average Bonchev–Trinajstić information content (AvgIpc) is 3.39. The topological polar surface area (TPSA) is 101 Å². The van der Waals surface area contributed by atoms with Crippen LogP contribution in [0.25, 0.3) is 0 Å². The summed E-state index contributed by atoms with van der Waals surface area (Å²) in [6.45, 7) is 6.56. The van der Waals surface area contributed by atoms with Gasteiger partial charge in [0.2, 0.25) is 0 Å². The molecule has 0 bridgehead atoms. The highest BCUT2D eigenvalue weighted by molar-refractivity contribution is 8.93. The third-order valence-electron chi connectivity index (χ3n) is 6.40. The van der Waals surface area contributed by atoms with E-state index in [0.717, 1.165) is 5.56 Å². The Morgan fingerprint density at radius 3 is 2.32 bits per heavy atom. The molecule has 2 aliphatic rings. The molecule has 2 aromatic carbocycles. The lowest BCUT2D eigenvalue weighted by Gasteiger charge is -2.27. The first-order valence-corrected chi connectivity index (χ1v) is 11.5. The van der Waals surface area contributed by atoms with E-state index >= 15 is 4.39 Å². The van der Waals surface area contributed by atoms with Crippen LogP contribution >= 0.6 is 17.0 Å². The lowest BCUT2D eigenvalue weighted by Crippen LogP contribution is -2.31. The minimum absolute atomic E-state index is 0. The van der Waals surface area contributed by atoms with E-state index in [2.05, 4.69) is 0 Å². The van der Waals surface area contributed by atoms with Gasteiger partial charge >= 0.3 is 6.09 Å². The van der Waals surface area contributed by atoms with Gasteiger partial charge in [0.05, 0.1) is 45.7 Å². The number of nitrogens with zero attached hydrogens (tertiary/aromatic N) is 2. The van der Waals surface area contributed by atoms with E-state index in [9.17, 15) is 9.59 Å². The fraction of sp³-hybridized carbons (Fsp3) is 0.423. The molecule has 2 aromatic rings. The molecule has 0 radical (unpaired) electrons. The van der Waals surface area contributed by atoms with Crippen molar-refractivity contribution < 1.29 is 32.9 Å². The zero-order valence-electron chi connectivity index (χ0n) is 21.7. The quantitative estimate of drug-likeness (QED) is 0.474. The standard InChI is InChI=1S/C26H30FN3O6.BrH/c1-26(2,3)16-9-14(10-17(22(16)34-5)30-7-8-36-25(30)32)18(31)13-29-12-15-11-19(33-4)23(35-6)21(27)20(15)24(29)28;/h9-11,28H,7-8,12-13H2,1-6H3;1H. The van der Waals surface area contributed by atoms with Crippen LogP contribution in [0.4, 0.5) is 14.9 Å². The Hall–Kier alpha value is -3.34. The van der Waals surface area contributed by atoms with Crippen molar-refractivity contribution in [3.63, 3.8) is 0 Å². The average molecular weight is 580 g/mol. The van der Waals surface area contributed by atoms with Crippen LogP contribution in [0.1, 0.15) is 47.8 Å². The number of amides is 1. The van der Waals surface area contributed by atoms with Crippen molar-refractivity contribution in [3.05, 3.63) is 46.3 Å². The molecule has 0 atom stereocenters. The number of hydrogen-bond donors (Lipinski definition) is 1. The van der Waals surface area contributed by atoms with Crippen molar-refractivity contribution in [1.82, 2.24) is 4.90 Å². The predicted molar refractivity (Wildman–Crippen MR) is 142 cm³/mol. The van der Waals surface area contributed by atoms with Gasteiger partial charge in [-0.15, -0.1) is 17.0 Å². The summed E-state index contributed by atoms with van der Waals surface area (Å²) < 4.78 is 36.3. The second kappa shape index (κ2) is 10.6. The SMILES string of the molecule is Br.COc1cc2c(c(F)c1OC)C(=N)N(CC(=O)c1cc(N3CCOC3=O)c(OC)c(C(C)(C)C)c1)C2. The molecule has 1 saturated heterocycles. The first kappa shape index (κ1) is 28.2. The first-order valence-electron chi connectivity index (χ1n) is 11.5. The molecule has 200 valence electrons.